The first-order chi connectivity index (χ1) is 13.3. The number of aliphatic hydroxyl groups is 1. The lowest BCUT2D eigenvalue weighted by Gasteiger charge is -2.06. The molecular weight excluding hydrogens is 391 g/mol. The Morgan fingerprint density at radius 3 is 2.32 bits per heavy atom. The molecule has 8 heteroatoms. The lowest BCUT2D eigenvalue weighted by molar-refractivity contribution is -0.137. The maximum absolute atomic E-state index is 12.7. The molecule has 0 spiro atoms. The van der Waals surface area contributed by atoms with Crippen LogP contribution in [0.1, 0.15) is 11.1 Å². The van der Waals surface area contributed by atoms with Crippen LogP contribution < -0.4 is 0 Å². The van der Waals surface area contributed by atoms with E-state index in [2.05, 4.69) is 4.99 Å². The molecule has 1 heterocycles. The number of halogens is 3. The second-order valence-corrected chi connectivity index (χ2v) is 6.73. The van der Waals surface area contributed by atoms with Crippen LogP contribution in [-0.2, 0) is 15.7 Å². The van der Waals surface area contributed by atoms with Gasteiger partial charge in [-0.3, -0.25) is 0 Å². The topological polar surface area (TPSA) is 58.9 Å². The number of rotatable bonds is 3. The van der Waals surface area contributed by atoms with Crippen molar-refractivity contribution >= 4 is 34.5 Å². The minimum absolute atomic E-state index is 0.0884. The van der Waals surface area contributed by atoms with Gasteiger partial charge in [0.05, 0.1) is 23.3 Å². The van der Waals surface area contributed by atoms with Crippen molar-refractivity contribution in [1.29, 1.82) is 0 Å². The number of carbonyl (C=O) groups is 1. The Balaban J connectivity index is 1.98. The molecule has 28 heavy (non-hydrogen) atoms. The van der Waals surface area contributed by atoms with Crippen molar-refractivity contribution in [2.45, 2.75) is 6.18 Å². The number of nitrogens with zero attached hydrogens (tertiary/aromatic N) is 1. The van der Waals surface area contributed by atoms with E-state index in [4.69, 9.17) is 4.74 Å². The van der Waals surface area contributed by atoms with Gasteiger partial charge in [0, 0.05) is 0 Å². The zero-order valence-corrected chi connectivity index (χ0v) is 15.3. The Morgan fingerprint density at radius 2 is 1.75 bits per heavy atom. The van der Waals surface area contributed by atoms with Gasteiger partial charge in [0.15, 0.2) is 0 Å². The Hall–Kier alpha value is -3.00. The van der Waals surface area contributed by atoms with Gasteiger partial charge in [-0.2, -0.15) is 13.2 Å². The molecule has 1 N–H and O–H groups in total. The minimum atomic E-state index is -4.43. The average Bonchev–Trinajstić information content (AvgIpc) is 2.96. The van der Waals surface area contributed by atoms with Gasteiger partial charge in [0.2, 0.25) is 0 Å². The van der Waals surface area contributed by atoms with Crippen molar-refractivity contribution in [2.75, 3.05) is 7.11 Å². The van der Waals surface area contributed by atoms with E-state index in [1.807, 2.05) is 6.07 Å². The van der Waals surface area contributed by atoms with Crippen molar-refractivity contribution in [3.63, 3.8) is 0 Å². The van der Waals surface area contributed by atoms with Crippen molar-refractivity contribution in [1.82, 2.24) is 0 Å². The summed E-state index contributed by atoms with van der Waals surface area (Å²) in [6.07, 6.45) is -2.94. The maximum atomic E-state index is 12.7. The molecule has 144 valence electrons. The first-order valence-electron chi connectivity index (χ1n) is 8.02. The molecule has 4 nitrogen and oxygen atoms in total. The normalized spacial score (nSPS) is 17.4. The molecule has 0 amide bonds. The number of benzene rings is 2. The minimum Gasteiger partial charge on any atom is -0.506 e. The van der Waals surface area contributed by atoms with Gasteiger partial charge in [0.25, 0.3) is 0 Å². The van der Waals surface area contributed by atoms with Gasteiger partial charge in [-0.25, -0.2) is 9.79 Å². The fourth-order valence-corrected chi connectivity index (χ4v) is 3.47. The van der Waals surface area contributed by atoms with Gasteiger partial charge in [-0.1, -0.05) is 42.1 Å². The lowest BCUT2D eigenvalue weighted by atomic mass is 10.1. The Bertz CT molecular complexity index is 978. The fourth-order valence-electron chi connectivity index (χ4n) is 2.43. The second kappa shape index (κ2) is 7.93. The van der Waals surface area contributed by atoms with E-state index >= 15 is 0 Å². The molecule has 0 aliphatic carbocycles. The fraction of sp³-hybridized carbons (Fsp3) is 0.100. The number of hydrogen-bond acceptors (Lipinski definition) is 5. The van der Waals surface area contributed by atoms with Crippen LogP contribution in [0, 0.1) is 0 Å². The molecule has 0 saturated heterocycles. The predicted octanol–water partition coefficient (Wildman–Crippen LogP) is 5.51. The molecule has 0 atom stereocenters. The van der Waals surface area contributed by atoms with Gasteiger partial charge in [0.1, 0.15) is 16.4 Å². The Labute approximate surface area is 163 Å². The van der Waals surface area contributed by atoms with Gasteiger partial charge >= 0.3 is 12.1 Å². The highest BCUT2D eigenvalue weighted by molar-refractivity contribution is 8.18. The van der Waals surface area contributed by atoms with Crippen molar-refractivity contribution in [3.05, 3.63) is 82.0 Å². The molecule has 1 aliphatic heterocycles. The first kappa shape index (κ1) is 19.8. The number of hydrogen-bond donors (Lipinski definition) is 1. The highest BCUT2D eigenvalue weighted by Gasteiger charge is 2.33. The largest absolute Gasteiger partial charge is 0.506 e. The molecule has 0 aromatic heterocycles. The van der Waals surface area contributed by atoms with E-state index in [1.54, 1.807) is 24.3 Å². The molecule has 0 radical (unpaired) electrons. The zero-order valence-electron chi connectivity index (χ0n) is 14.5. The standard InChI is InChI=1S/C20H14F3NO3S/c1-27-19(26)16-17(25)15(28-18(16)24-14-5-3-2-4-6-14)11-12-7-9-13(10-8-12)20(21,22)23/h2-11,25H,1H3. The summed E-state index contributed by atoms with van der Waals surface area (Å²) < 4.78 is 42.8. The molecule has 0 fully saturated rings. The highest BCUT2D eigenvalue weighted by Crippen LogP contribution is 2.40. The molecule has 2 aromatic rings. The predicted molar refractivity (Wildman–Crippen MR) is 102 cm³/mol. The number of carbonyl (C=O) groups excluding carboxylic acids is 1. The van der Waals surface area contributed by atoms with Gasteiger partial charge in [-0.15, -0.1) is 0 Å². The summed E-state index contributed by atoms with van der Waals surface area (Å²) in [4.78, 5) is 16.7. The number of ether oxygens (including phenoxy) is 1. The van der Waals surface area contributed by atoms with Gasteiger partial charge in [-0.05, 0) is 35.9 Å². The summed E-state index contributed by atoms with van der Waals surface area (Å²) in [5.41, 5.74) is 0.159. The third kappa shape index (κ3) is 4.28. The molecule has 3 rings (SSSR count). The van der Waals surface area contributed by atoms with E-state index in [1.165, 1.54) is 25.3 Å². The van der Waals surface area contributed by atoms with Crippen molar-refractivity contribution in [2.24, 2.45) is 4.99 Å². The smallest absolute Gasteiger partial charge is 0.416 e. The molecule has 0 bridgehead atoms. The van der Waals surface area contributed by atoms with Crippen LogP contribution >= 0.6 is 11.8 Å². The number of alkyl halides is 3. The zero-order chi connectivity index (χ0) is 20.3. The molecule has 0 unspecified atom stereocenters. The molecule has 2 aromatic carbocycles. The van der Waals surface area contributed by atoms with Crippen molar-refractivity contribution in [3.8, 4) is 0 Å². The summed E-state index contributed by atoms with van der Waals surface area (Å²) in [6, 6.07) is 13.3. The van der Waals surface area contributed by atoms with E-state index in [9.17, 15) is 23.1 Å². The van der Waals surface area contributed by atoms with Crippen LogP contribution in [0.2, 0.25) is 0 Å². The van der Waals surface area contributed by atoms with Crippen LogP contribution in [0.25, 0.3) is 6.08 Å². The number of methoxy groups -OCH3 is 1. The molecule has 0 saturated carbocycles. The number of para-hydroxylation sites is 1. The average molecular weight is 405 g/mol. The number of aliphatic hydroxyl groups excluding tert-OH is 1. The summed E-state index contributed by atoms with van der Waals surface area (Å²) in [6.45, 7) is 0. The number of thioether (sulfide) groups is 1. The van der Waals surface area contributed by atoms with Crippen molar-refractivity contribution < 1.29 is 27.8 Å². The SMILES string of the molecule is COC(=O)C1=C(O)C(=Cc2ccc(C(F)(F)F)cc2)SC1=Nc1ccccc1. The monoisotopic (exact) mass is 405 g/mol. The van der Waals surface area contributed by atoms with E-state index in [0.29, 0.717) is 11.3 Å². The summed E-state index contributed by atoms with van der Waals surface area (Å²) in [7, 11) is 1.19. The first-order valence-corrected chi connectivity index (χ1v) is 8.84. The van der Waals surface area contributed by atoms with Crippen LogP contribution in [0.4, 0.5) is 18.9 Å². The Kier molecular flexibility index (Phi) is 5.60. The number of esters is 1. The second-order valence-electron chi connectivity index (χ2n) is 5.70. The quantitative estimate of drug-likeness (QED) is 0.685. The molecular formula is C20H14F3NO3S. The summed E-state index contributed by atoms with van der Waals surface area (Å²) >= 11 is 1.03. The van der Waals surface area contributed by atoms with E-state index in [-0.39, 0.29) is 21.3 Å². The van der Waals surface area contributed by atoms with E-state index in [0.717, 1.165) is 23.9 Å². The number of aliphatic imine (C=N–C) groups is 1. The third-order valence-corrected chi connectivity index (χ3v) is 4.82. The van der Waals surface area contributed by atoms with E-state index < -0.39 is 17.7 Å². The summed E-state index contributed by atoms with van der Waals surface area (Å²) in [5.74, 6) is -1.08. The van der Waals surface area contributed by atoms with Crippen LogP contribution in [0.5, 0.6) is 0 Å². The van der Waals surface area contributed by atoms with Crippen LogP contribution in [0.15, 0.2) is 75.8 Å². The Morgan fingerprint density at radius 1 is 1.11 bits per heavy atom. The third-order valence-electron chi connectivity index (χ3n) is 3.80. The van der Waals surface area contributed by atoms with Crippen LogP contribution in [-0.4, -0.2) is 23.2 Å². The summed E-state index contributed by atoms with van der Waals surface area (Å²) in [5, 5.41) is 10.7. The molecule has 1 aliphatic rings. The lowest BCUT2D eigenvalue weighted by Crippen LogP contribution is -2.10. The van der Waals surface area contributed by atoms with Gasteiger partial charge < -0.3 is 9.84 Å². The maximum Gasteiger partial charge on any atom is 0.416 e. The highest BCUT2D eigenvalue weighted by atomic mass is 32.2. The van der Waals surface area contributed by atoms with Crippen LogP contribution in [0.3, 0.4) is 0 Å².